The zero-order valence-electron chi connectivity index (χ0n) is 11.9. The first-order chi connectivity index (χ1) is 10.1. The average molecular weight is 321 g/mol. The van der Waals surface area contributed by atoms with Crippen LogP contribution < -0.4 is 10.2 Å². The molecule has 1 fully saturated rings. The van der Waals surface area contributed by atoms with Crippen molar-refractivity contribution in [2.75, 3.05) is 24.5 Å². The predicted octanol–water partition coefficient (Wildman–Crippen LogP) is 4.32. The summed E-state index contributed by atoms with van der Waals surface area (Å²) < 4.78 is 0. The van der Waals surface area contributed by atoms with Gasteiger partial charge in [-0.25, -0.2) is 0 Å². The minimum atomic E-state index is -0.0639. The number of piperazine rings is 1. The van der Waals surface area contributed by atoms with Crippen LogP contribution in [0.2, 0.25) is 10.0 Å². The predicted molar refractivity (Wildman–Crippen MR) is 90.5 cm³/mol. The molecule has 0 spiro atoms. The summed E-state index contributed by atoms with van der Waals surface area (Å²) in [5.41, 5.74) is 2.36. The SMILES string of the molecule is CC1(c2ccccc2)CN(c2ccc(Cl)c(Cl)c2)CCN1. The van der Waals surface area contributed by atoms with Crippen molar-refractivity contribution in [1.82, 2.24) is 5.32 Å². The summed E-state index contributed by atoms with van der Waals surface area (Å²) in [6.07, 6.45) is 0. The van der Waals surface area contributed by atoms with E-state index in [1.165, 1.54) is 5.56 Å². The van der Waals surface area contributed by atoms with Gasteiger partial charge in [-0.05, 0) is 30.7 Å². The fraction of sp³-hybridized carbons (Fsp3) is 0.294. The van der Waals surface area contributed by atoms with E-state index in [9.17, 15) is 0 Å². The lowest BCUT2D eigenvalue weighted by atomic mass is 9.89. The molecule has 3 rings (SSSR count). The van der Waals surface area contributed by atoms with E-state index in [1.807, 2.05) is 24.3 Å². The Balaban J connectivity index is 1.87. The van der Waals surface area contributed by atoms with Crippen LogP contribution in [0.1, 0.15) is 12.5 Å². The fourth-order valence-electron chi connectivity index (χ4n) is 2.88. The van der Waals surface area contributed by atoms with Crippen LogP contribution >= 0.6 is 23.2 Å². The number of halogens is 2. The third kappa shape index (κ3) is 3.03. The summed E-state index contributed by atoms with van der Waals surface area (Å²) in [6, 6.07) is 16.4. The van der Waals surface area contributed by atoms with Crippen molar-refractivity contribution < 1.29 is 0 Å². The molecule has 1 saturated heterocycles. The molecule has 0 radical (unpaired) electrons. The second kappa shape index (κ2) is 5.88. The number of hydrogen-bond acceptors (Lipinski definition) is 2. The molecule has 1 N–H and O–H groups in total. The Bertz CT molecular complexity index is 630. The highest BCUT2D eigenvalue weighted by molar-refractivity contribution is 6.42. The topological polar surface area (TPSA) is 15.3 Å². The maximum atomic E-state index is 6.15. The summed E-state index contributed by atoms with van der Waals surface area (Å²) >= 11 is 12.2. The van der Waals surface area contributed by atoms with E-state index in [-0.39, 0.29) is 5.54 Å². The monoisotopic (exact) mass is 320 g/mol. The summed E-state index contributed by atoms with van der Waals surface area (Å²) in [4.78, 5) is 2.35. The highest BCUT2D eigenvalue weighted by atomic mass is 35.5. The van der Waals surface area contributed by atoms with Crippen molar-refractivity contribution in [1.29, 1.82) is 0 Å². The van der Waals surface area contributed by atoms with Crippen LogP contribution in [0.15, 0.2) is 48.5 Å². The normalized spacial score (nSPS) is 22.3. The standard InChI is InChI=1S/C17H18Cl2N2/c1-17(13-5-3-2-4-6-13)12-21(10-9-20-17)14-7-8-15(18)16(19)11-14/h2-8,11,20H,9-10,12H2,1H3. The Hall–Kier alpha value is -1.22. The van der Waals surface area contributed by atoms with E-state index < -0.39 is 0 Å². The van der Waals surface area contributed by atoms with Gasteiger partial charge in [0.15, 0.2) is 0 Å². The van der Waals surface area contributed by atoms with E-state index in [4.69, 9.17) is 23.2 Å². The van der Waals surface area contributed by atoms with E-state index in [2.05, 4.69) is 41.4 Å². The number of rotatable bonds is 2. The molecule has 1 heterocycles. The molecule has 2 aromatic rings. The van der Waals surface area contributed by atoms with Gasteiger partial charge in [0.2, 0.25) is 0 Å². The Kier molecular flexibility index (Phi) is 4.12. The van der Waals surface area contributed by atoms with Crippen LogP contribution in [-0.2, 0) is 5.54 Å². The van der Waals surface area contributed by atoms with Gasteiger partial charge in [0.1, 0.15) is 0 Å². The maximum absolute atomic E-state index is 6.15. The molecular weight excluding hydrogens is 303 g/mol. The summed E-state index contributed by atoms with van der Waals surface area (Å²) in [5, 5.41) is 4.84. The zero-order chi connectivity index (χ0) is 14.9. The largest absolute Gasteiger partial charge is 0.368 e. The minimum Gasteiger partial charge on any atom is -0.368 e. The molecule has 1 aliphatic heterocycles. The van der Waals surface area contributed by atoms with Gasteiger partial charge in [0, 0.05) is 25.3 Å². The minimum absolute atomic E-state index is 0.0639. The van der Waals surface area contributed by atoms with Crippen molar-refractivity contribution >= 4 is 28.9 Å². The van der Waals surface area contributed by atoms with E-state index in [0.717, 1.165) is 25.3 Å². The second-order valence-corrected chi connectivity index (χ2v) is 6.46. The van der Waals surface area contributed by atoms with Gasteiger partial charge in [0.05, 0.1) is 15.6 Å². The molecule has 0 amide bonds. The molecule has 0 bridgehead atoms. The van der Waals surface area contributed by atoms with Gasteiger partial charge in [-0.15, -0.1) is 0 Å². The summed E-state index contributed by atoms with van der Waals surface area (Å²) in [6.45, 7) is 5.03. The van der Waals surface area contributed by atoms with Crippen molar-refractivity contribution in [3.63, 3.8) is 0 Å². The molecular formula is C17H18Cl2N2. The number of nitrogens with one attached hydrogen (secondary N) is 1. The lowest BCUT2D eigenvalue weighted by Crippen LogP contribution is -2.56. The molecule has 1 unspecified atom stereocenters. The van der Waals surface area contributed by atoms with Crippen LogP contribution in [-0.4, -0.2) is 19.6 Å². The molecule has 0 saturated carbocycles. The van der Waals surface area contributed by atoms with Gasteiger partial charge in [0.25, 0.3) is 0 Å². The van der Waals surface area contributed by atoms with E-state index in [0.29, 0.717) is 10.0 Å². The number of hydrogen-bond donors (Lipinski definition) is 1. The van der Waals surface area contributed by atoms with Crippen LogP contribution in [0, 0.1) is 0 Å². The van der Waals surface area contributed by atoms with Gasteiger partial charge >= 0.3 is 0 Å². The van der Waals surface area contributed by atoms with Crippen molar-refractivity contribution in [3.05, 3.63) is 64.1 Å². The molecule has 2 nitrogen and oxygen atoms in total. The molecule has 110 valence electrons. The average Bonchev–Trinajstić information content (AvgIpc) is 2.51. The second-order valence-electron chi connectivity index (χ2n) is 5.64. The summed E-state index contributed by atoms with van der Waals surface area (Å²) in [5.74, 6) is 0. The van der Waals surface area contributed by atoms with Crippen LogP contribution in [0.25, 0.3) is 0 Å². The lowest BCUT2D eigenvalue weighted by molar-refractivity contribution is 0.332. The molecule has 4 heteroatoms. The van der Waals surface area contributed by atoms with Gasteiger partial charge in [-0.2, -0.15) is 0 Å². The van der Waals surface area contributed by atoms with Gasteiger partial charge < -0.3 is 10.2 Å². The number of benzene rings is 2. The quantitative estimate of drug-likeness (QED) is 0.886. The highest BCUT2D eigenvalue weighted by Crippen LogP contribution is 2.31. The van der Waals surface area contributed by atoms with Crippen LogP contribution in [0.3, 0.4) is 0 Å². The Morgan fingerprint density at radius 1 is 1.05 bits per heavy atom. The molecule has 0 aliphatic carbocycles. The fourth-order valence-corrected chi connectivity index (χ4v) is 3.18. The van der Waals surface area contributed by atoms with Gasteiger partial charge in [-0.3, -0.25) is 0 Å². The third-order valence-corrected chi connectivity index (χ3v) is 4.82. The Morgan fingerprint density at radius 2 is 1.81 bits per heavy atom. The molecule has 2 aromatic carbocycles. The van der Waals surface area contributed by atoms with Crippen molar-refractivity contribution in [3.8, 4) is 0 Å². The molecule has 1 aliphatic rings. The van der Waals surface area contributed by atoms with Crippen LogP contribution in [0.5, 0.6) is 0 Å². The first-order valence-electron chi connectivity index (χ1n) is 7.09. The zero-order valence-corrected chi connectivity index (χ0v) is 13.5. The first kappa shape index (κ1) is 14.7. The van der Waals surface area contributed by atoms with E-state index in [1.54, 1.807) is 0 Å². The maximum Gasteiger partial charge on any atom is 0.0612 e. The summed E-state index contributed by atoms with van der Waals surface area (Å²) in [7, 11) is 0. The van der Waals surface area contributed by atoms with E-state index >= 15 is 0 Å². The third-order valence-electron chi connectivity index (χ3n) is 4.08. The first-order valence-corrected chi connectivity index (χ1v) is 7.85. The Labute approximate surface area is 135 Å². The molecule has 21 heavy (non-hydrogen) atoms. The smallest absolute Gasteiger partial charge is 0.0612 e. The highest BCUT2D eigenvalue weighted by Gasteiger charge is 2.32. The van der Waals surface area contributed by atoms with Crippen molar-refractivity contribution in [2.45, 2.75) is 12.5 Å². The molecule has 1 atom stereocenters. The Morgan fingerprint density at radius 3 is 2.52 bits per heavy atom. The molecule has 0 aromatic heterocycles. The van der Waals surface area contributed by atoms with Crippen LogP contribution in [0.4, 0.5) is 5.69 Å². The number of nitrogens with zero attached hydrogens (tertiary/aromatic N) is 1. The lowest BCUT2D eigenvalue weighted by Gasteiger charge is -2.43. The van der Waals surface area contributed by atoms with Gasteiger partial charge in [-0.1, -0.05) is 53.5 Å². The van der Waals surface area contributed by atoms with Crippen molar-refractivity contribution in [2.24, 2.45) is 0 Å². The number of anilines is 1.